The first kappa shape index (κ1) is 9.23. The van der Waals surface area contributed by atoms with E-state index in [4.69, 9.17) is 0 Å². The second kappa shape index (κ2) is 3.33. The van der Waals surface area contributed by atoms with Crippen LogP contribution in [0.15, 0.2) is 66.3 Å². The Kier molecular flexibility index (Phi) is 1.81. The van der Waals surface area contributed by atoms with Crippen molar-refractivity contribution in [2.24, 2.45) is 11.8 Å². The van der Waals surface area contributed by atoms with Crippen LogP contribution in [0.25, 0.3) is 5.57 Å². The van der Waals surface area contributed by atoms with Crippen LogP contribution in [0.3, 0.4) is 0 Å². The van der Waals surface area contributed by atoms with Crippen LogP contribution in [0.2, 0.25) is 0 Å². The van der Waals surface area contributed by atoms with Crippen LogP contribution in [0.5, 0.6) is 0 Å². The van der Waals surface area contributed by atoms with E-state index in [0.717, 1.165) is 6.42 Å². The van der Waals surface area contributed by atoms with E-state index in [0.29, 0.717) is 11.8 Å². The van der Waals surface area contributed by atoms with E-state index in [-0.39, 0.29) is 0 Å². The van der Waals surface area contributed by atoms with Crippen molar-refractivity contribution in [1.82, 2.24) is 0 Å². The van der Waals surface area contributed by atoms with Crippen LogP contribution in [-0.2, 0) is 6.42 Å². The van der Waals surface area contributed by atoms with E-state index in [1.54, 1.807) is 5.57 Å². The minimum Gasteiger partial charge on any atom is -0.0767 e. The Morgan fingerprint density at radius 2 is 1.76 bits per heavy atom. The molecule has 0 radical (unpaired) electrons. The number of benzene rings is 1. The summed E-state index contributed by atoms with van der Waals surface area (Å²) in [6, 6.07) is 8.83. The van der Waals surface area contributed by atoms with Gasteiger partial charge in [0.1, 0.15) is 0 Å². The van der Waals surface area contributed by atoms with Crippen LogP contribution in [0.1, 0.15) is 11.1 Å². The number of hydrogen-bond donors (Lipinski definition) is 0. The van der Waals surface area contributed by atoms with Crippen LogP contribution in [0, 0.1) is 11.8 Å². The largest absolute Gasteiger partial charge is 0.0767 e. The molecule has 0 aliphatic heterocycles. The van der Waals surface area contributed by atoms with Gasteiger partial charge in [0.05, 0.1) is 0 Å². The zero-order valence-corrected chi connectivity index (χ0v) is 9.64. The van der Waals surface area contributed by atoms with E-state index in [1.807, 2.05) is 0 Å². The number of hydrogen-bond acceptors (Lipinski definition) is 0. The monoisotopic (exact) mass is 218 g/mol. The summed E-state index contributed by atoms with van der Waals surface area (Å²) in [5, 5.41) is 0. The summed E-state index contributed by atoms with van der Waals surface area (Å²) in [6.07, 6.45) is 14.8. The Balaban J connectivity index is 1.98. The van der Waals surface area contributed by atoms with Crippen molar-refractivity contribution in [3.05, 3.63) is 77.4 Å². The van der Waals surface area contributed by atoms with Crippen molar-refractivity contribution < 1.29 is 0 Å². The maximum atomic E-state index is 2.33. The summed E-state index contributed by atoms with van der Waals surface area (Å²) >= 11 is 0. The topological polar surface area (TPSA) is 0 Å². The Hall–Kier alpha value is -1.82. The highest BCUT2D eigenvalue weighted by molar-refractivity contribution is 5.78. The molecule has 0 fully saturated rings. The molecule has 0 saturated carbocycles. The van der Waals surface area contributed by atoms with E-state index in [9.17, 15) is 0 Å². The minimum atomic E-state index is 0.573. The van der Waals surface area contributed by atoms with Gasteiger partial charge in [-0.3, -0.25) is 0 Å². The molecule has 3 aliphatic carbocycles. The quantitative estimate of drug-likeness (QED) is 0.619. The molecule has 82 valence electrons. The summed E-state index contributed by atoms with van der Waals surface area (Å²) in [5.41, 5.74) is 6.02. The van der Waals surface area contributed by atoms with E-state index in [1.165, 1.54) is 16.7 Å². The lowest BCUT2D eigenvalue weighted by atomic mass is 9.67. The van der Waals surface area contributed by atoms with Gasteiger partial charge in [0, 0.05) is 11.8 Å². The van der Waals surface area contributed by atoms with Gasteiger partial charge in [-0.15, -0.1) is 0 Å². The Labute approximate surface area is 102 Å². The Morgan fingerprint density at radius 1 is 0.941 bits per heavy atom. The molecule has 1 aromatic carbocycles. The normalized spacial score (nSPS) is 28.0. The zero-order valence-electron chi connectivity index (χ0n) is 9.64. The van der Waals surface area contributed by atoms with Gasteiger partial charge < -0.3 is 0 Å². The molecule has 17 heavy (non-hydrogen) atoms. The molecule has 0 aromatic heterocycles. The van der Waals surface area contributed by atoms with Crippen molar-refractivity contribution in [3.63, 3.8) is 0 Å². The van der Waals surface area contributed by atoms with Crippen LogP contribution < -0.4 is 0 Å². The predicted molar refractivity (Wildman–Crippen MR) is 71.5 cm³/mol. The maximum absolute atomic E-state index is 2.33. The summed E-state index contributed by atoms with van der Waals surface area (Å²) in [5.74, 6) is 1.17. The lowest BCUT2D eigenvalue weighted by molar-refractivity contribution is 0.614. The molecule has 0 N–H and O–H groups in total. The van der Waals surface area contributed by atoms with Crippen LogP contribution in [-0.4, -0.2) is 0 Å². The fraction of sp³-hybridized carbons (Fsp3) is 0.176. The van der Waals surface area contributed by atoms with Crippen LogP contribution in [0.4, 0.5) is 0 Å². The number of rotatable bonds is 0. The molecule has 0 spiro atoms. The highest BCUT2D eigenvalue weighted by Crippen LogP contribution is 2.46. The van der Waals surface area contributed by atoms with Gasteiger partial charge in [0.15, 0.2) is 0 Å². The fourth-order valence-electron chi connectivity index (χ4n) is 3.35. The van der Waals surface area contributed by atoms with Crippen molar-refractivity contribution in [3.8, 4) is 0 Å². The van der Waals surface area contributed by atoms with Gasteiger partial charge in [-0.2, -0.15) is 0 Å². The van der Waals surface area contributed by atoms with Crippen molar-refractivity contribution in [2.45, 2.75) is 6.42 Å². The van der Waals surface area contributed by atoms with Crippen molar-refractivity contribution in [2.75, 3.05) is 0 Å². The number of allylic oxidation sites excluding steroid dienone is 8. The molecular formula is C17H14. The van der Waals surface area contributed by atoms with Gasteiger partial charge in [-0.05, 0) is 23.1 Å². The molecular weight excluding hydrogens is 204 g/mol. The Bertz CT molecular complexity index is 596. The maximum Gasteiger partial charge on any atom is 0.0158 e. The minimum absolute atomic E-state index is 0.573. The van der Waals surface area contributed by atoms with E-state index in [2.05, 4.69) is 60.7 Å². The first-order valence-corrected chi connectivity index (χ1v) is 6.27. The molecule has 0 heterocycles. The van der Waals surface area contributed by atoms with Crippen LogP contribution >= 0.6 is 0 Å². The third-order valence-corrected chi connectivity index (χ3v) is 4.10. The molecule has 0 heteroatoms. The first-order chi connectivity index (χ1) is 8.43. The second-order valence-electron chi connectivity index (χ2n) is 5.02. The summed E-state index contributed by atoms with van der Waals surface area (Å²) in [6.45, 7) is 0. The van der Waals surface area contributed by atoms with E-state index < -0.39 is 0 Å². The lowest BCUT2D eigenvalue weighted by Gasteiger charge is -2.37. The molecule has 4 rings (SSSR count). The van der Waals surface area contributed by atoms with Crippen molar-refractivity contribution >= 4 is 5.57 Å². The molecule has 0 saturated heterocycles. The molecule has 0 amide bonds. The molecule has 1 aromatic rings. The third kappa shape index (κ3) is 1.24. The highest BCUT2D eigenvalue weighted by Gasteiger charge is 2.33. The predicted octanol–water partition coefficient (Wildman–Crippen LogP) is 3.92. The summed E-state index contributed by atoms with van der Waals surface area (Å²) in [4.78, 5) is 0. The standard InChI is InChI=1S/C17H14/c1-2-9-15-13(5-1)11-14-8-3-6-12-7-4-10-16(15)17(12)14/h1-10,12,17H,11H2. The van der Waals surface area contributed by atoms with Gasteiger partial charge in [0.25, 0.3) is 0 Å². The molecule has 2 unspecified atom stereocenters. The SMILES string of the molecule is C1=CC2C=CC=C3c4ccccc4CC(=C1)C32. The molecule has 0 nitrogen and oxygen atoms in total. The van der Waals surface area contributed by atoms with Gasteiger partial charge in [-0.25, -0.2) is 0 Å². The third-order valence-electron chi connectivity index (χ3n) is 4.10. The summed E-state index contributed by atoms with van der Waals surface area (Å²) in [7, 11) is 0. The van der Waals surface area contributed by atoms with Crippen molar-refractivity contribution in [1.29, 1.82) is 0 Å². The Morgan fingerprint density at radius 3 is 2.71 bits per heavy atom. The zero-order chi connectivity index (χ0) is 11.2. The van der Waals surface area contributed by atoms with Gasteiger partial charge in [-0.1, -0.05) is 66.3 Å². The van der Waals surface area contributed by atoms with Gasteiger partial charge in [0.2, 0.25) is 0 Å². The molecule has 3 aliphatic rings. The number of fused-ring (bicyclic) bond motifs is 2. The lowest BCUT2D eigenvalue weighted by Crippen LogP contribution is -2.25. The second-order valence-corrected chi connectivity index (χ2v) is 5.02. The molecule has 0 bridgehead atoms. The average molecular weight is 218 g/mol. The van der Waals surface area contributed by atoms with E-state index >= 15 is 0 Å². The smallest absolute Gasteiger partial charge is 0.0158 e. The fourth-order valence-corrected chi connectivity index (χ4v) is 3.35. The first-order valence-electron chi connectivity index (χ1n) is 6.27. The average Bonchev–Trinajstić information content (AvgIpc) is 2.39. The van der Waals surface area contributed by atoms with Gasteiger partial charge >= 0.3 is 0 Å². The highest BCUT2D eigenvalue weighted by atomic mass is 14.4. The molecule has 2 atom stereocenters. The summed E-state index contributed by atoms with van der Waals surface area (Å²) < 4.78 is 0.